The average Bonchev–Trinajstić information content (AvgIpc) is 2.70. The molecule has 2 saturated heterocycles. The molecule has 0 radical (unpaired) electrons. The molecule has 0 unspecified atom stereocenters. The maximum absolute atomic E-state index is 13.3. The molecule has 6 nitrogen and oxygen atoms in total. The smallest absolute Gasteiger partial charge is 0.170 e. The zero-order chi connectivity index (χ0) is 18.8. The lowest BCUT2D eigenvalue weighted by Crippen LogP contribution is -2.80. The molecule has 2 aliphatic heterocycles. The van der Waals surface area contributed by atoms with Gasteiger partial charge in [0.15, 0.2) is 12.1 Å². The number of ether oxygens (including phenoxy) is 1. The SMILES string of the molecule is C=C1C(=O)[C@@]23[C@H]4C[C@@H]5C(C)(C)CC[C@@H](O)[C@@]5([C@@H](O)O4)[C@H]2[C@H](O)C[C@@H]1[C@@H]3O. The molecule has 0 aromatic heterocycles. The van der Waals surface area contributed by atoms with E-state index >= 15 is 0 Å². The minimum Gasteiger partial charge on any atom is -0.393 e. The highest BCUT2D eigenvalue weighted by atomic mass is 16.6. The van der Waals surface area contributed by atoms with Crippen LogP contribution >= 0.6 is 0 Å². The van der Waals surface area contributed by atoms with E-state index in [1.807, 2.05) is 0 Å². The van der Waals surface area contributed by atoms with Crippen LogP contribution in [0.5, 0.6) is 0 Å². The second-order valence-corrected chi connectivity index (χ2v) is 9.93. The Kier molecular flexibility index (Phi) is 3.19. The van der Waals surface area contributed by atoms with Gasteiger partial charge in [-0.15, -0.1) is 0 Å². The summed E-state index contributed by atoms with van der Waals surface area (Å²) in [5, 5.41) is 44.4. The van der Waals surface area contributed by atoms with Crippen molar-refractivity contribution in [3.8, 4) is 0 Å². The van der Waals surface area contributed by atoms with E-state index in [1.165, 1.54) is 0 Å². The zero-order valence-electron chi connectivity index (χ0n) is 15.3. The number of hydrogen-bond acceptors (Lipinski definition) is 6. The third-order valence-corrected chi connectivity index (χ3v) is 8.83. The summed E-state index contributed by atoms with van der Waals surface area (Å²) in [5.74, 6) is -1.54. The quantitative estimate of drug-likeness (QED) is 0.463. The Morgan fingerprint density at radius 3 is 2.54 bits per heavy atom. The number of hydrogen-bond donors (Lipinski definition) is 4. The molecule has 2 heterocycles. The lowest BCUT2D eigenvalue weighted by molar-refractivity contribution is -0.411. The van der Waals surface area contributed by atoms with Crippen molar-refractivity contribution in [2.75, 3.05) is 0 Å². The highest BCUT2D eigenvalue weighted by Crippen LogP contribution is 2.75. The van der Waals surface area contributed by atoms with Gasteiger partial charge in [0.1, 0.15) is 0 Å². The van der Waals surface area contributed by atoms with Crippen molar-refractivity contribution in [3.63, 3.8) is 0 Å². The van der Waals surface area contributed by atoms with E-state index in [2.05, 4.69) is 20.4 Å². The van der Waals surface area contributed by atoms with Crippen molar-refractivity contribution >= 4 is 5.78 Å². The highest BCUT2D eigenvalue weighted by Gasteiger charge is 2.83. The maximum Gasteiger partial charge on any atom is 0.170 e. The lowest BCUT2D eigenvalue weighted by atomic mass is 9.36. The second-order valence-electron chi connectivity index (χ2n) is 9.93. The number of carbonyl (C=O) groups excluding carboxylic acids is 1. The van der Waals surface area contributed by atoms with E-state index < -0.39 is 53.4 Å². The van der Waals surface area contributed by atoms with Gasteiger partial charge in [0.2, 0.25) is 0 Å². The van der Waals surface area contributed by atoms with Crippen LogP contribution in [0.3, 0.4) is 0 Å². The van der Waals surface area contributed by atoms with Crippen LogP contribution in [-0.2, 0) is 9.53 Å². The van der Waals surface area contributed by atoms with E-state index in [-0.39, 0.29) is 23.5 Å². The van der Waals surface area contributed by atoms with Gasteiger partial charge in [0, 0.05) is 11.8 Å². The Labute approximate surface area is 152 Å². The van der Waals surface area contributed by atoms with Gasteiger partial charge < -0.3 is 25.2 Å². The summed E-state index contributed by atoms with van der Waals surface area (Å²) in [7, 11) is 0. The Bertz CT molecular complexity index is 696. The monoisotopic (exact) mass is 364 g/mol. The maximum atomic E-state index is 13.3. The van der Waals surface area contributed by atoms with Gasteiger partial charge in [-0.05, 0) is 42.6 Å². The topological polar surface area (TPSA) is 107 Å². The molecule has 26 heavy (non-hydrogen) atoms. The van der Waals surface area contributed by atoms with Crippen molar-refractivity contribution in [2.45, 2.75) is 70.2 Å². The van der Waals surface area contributed by atoms with E-state index in [9.17, 15) is 25.2 Å². The van der Waals surface area contributed by atoms with E-state index in [1.54, 1.807) is 0 Å². The molecule has 2 spiro atoms. The van der Waals surface area contributed by atoms with Gasteiger partial charge in [0.05, 0.1) is 35.2 Å². The molecule has 0 aromatic carbocycles. The Morgan fingerprint density at radius 2 is 1.85 bits per heavy atom. The van der Waals surface area contributed by atoms with Crippen molar-refractivity contribution < 1.29 is 30.0 Å². The van der Waals surface area contributed by atoms with Gasteiger partial charge in [-0.25, -0.2) is 0 Å². The molecule has 10 atom stereocenters. The molecule has 0 aromatic rings. The molecule has 6 fully saturated rings. The number of carbonyl (C=O) groups is 1. The molecule has 6 heteroatoms. The summed E-state index contributed by atoms with van der Waals surface area (Å²) < 4.78 is 5.90. The molecule has 4 N–H and O–H groups in total. The van der Waals surface area contributed by atoms with E-state index in [0.29, 0.717) is 18.4 Å². The Morgan fingerprint density at radius 1 is 1.15 bits per heavy atom. The number of ketones is 1. The fourth-order valence-corrected chi connectivity index (χ4v) is 7.83. The number of fused-ring (bicyclic) bond motifs is 2. The fourth-order valence-electron chi connectivity index (χ4n) is 7.83. The van der Waals surface area contributed by atoms with Crippen LogP contribution in [0.1, 0.15) is 39.5 Å². The summed E-state index contributed by atoms with van der Waals surface area (Å²) in [4.78, 5) is 13.3. The summed E-state index contributed by atoms with van der Waals surface area (Å²) in [6.45, 7) is 8.14. The summed E-state index contributed by atoms with van der Waals surface area (Å²) in [6, 6.07) is 0. The van der Waals surface area contributed by atoms with Gasteiger partial charge in [-0.2, -0.15) is 0 Å². The highest BCUT2D eigenvalue weighted by molar-refractivity contribution is 6.04. The predicted octanol–water partition coefficient (Wildman–Crippen LogP) is 0.374. The molecule has 144 valence electrons. The van der Waals surface area contributed by atoms with Crippen LogP contribution in [0.4, 0.5) is 0 Å². The first kappa shape index (κ1) is 17.3. The molecule has 4 aliphatic carbocycles. The third kappa shape index (κ3) is 1.51. The van der Waals surface area contributed by atoms with Gasteiger partial charge >= 0.3 is 0 Å². The molecule has 0 amide bonds. The van der Waals surface area contributed by atoms with Gasteiger partial charge in [-0.3, -0.25) is 4.79 Å². The summed E-state index contributed by atoms with van der Waals surface area (Å²) in [6.07, 6.45) is -2.67. The molecule has 4 bridgehead atoms. The van der Waals surface area contributed by atoms with E-state index in [4.69, 9.17) is 4.74 Å². The van der Waals surface area contributed by atoms with Gasteiger partial charge in [-0.1, -0.05) is 20.4 Å². The van der Waals surface area contributed by atoms with Crippen LogP contribution in [0.15, 0.2) is 12.2 Å². The normalized spacial score (nSPS) is 59.9. The minimum absolute atomic E-state index is 0.0943. The molecular weight excluding hydrogens is 336 g/mol. The Hall–Kier alpha value is -0.790. The Balaban J connectivity index is 1.79. The molecular formula is C20H28O6. The molecule has 6 aliphatic rings. The van der Waals surface area contributed by atoms with E-state index in [0.717, 1.165) is 6.42 Å². The largest absolute Gasteiger partial charge is 0.393 e. The first-order chi connectivity index (χ1) is 12.1. The number of aliphatic hydroxyl groups is 4. The van der Waals surface area contributed by atoms with Gasteiger partial charge in [0.25, 0.3) is 0 Å². The first-order valence-corrected chi connectivity index (χ1v) is 9.72. The third-order valence-electron chi connectivity index (χ3n) is 8.83. The summed E-state index contributed by atoms with van der Waals surface area (Å²) >= 11 is 0. The number of rotatable bonds is 0. The number of Topliss-reactive ketones (excluding diaryl/α,β-unsaturated/α-hetero) is 1. The molecule has 6 rings (SSSR count). The van der Waals surface area contributed by atoms with Crippen molar-refractivity contribution in [3.05, 3.63) is 12.2 Å². The minimum atomic E-state index is -1.30. The first-order valence-electron chi connectivity index (χ1n) is 9.72. The van der Waals surface area contributed by atoms with Crippen molar-refractivity contribution in [1.82, 2.24) is 0 Å². The average molecular weight is 364 g/mol. The lowest BCUT2D eigenvalue weighted by Gasteiger charge is -2.73. The standard InChI is InChI=1S/C20H28O6/c1-8-9-6-10(21)14-19-11(18(2,3)5-4-12(19)22)7-13(26-17(19)25)20(14,15(8)23)16(9)24/h9-14,16-17,21-22,24-25H,1,4-7H2,2-3H3/t9-,10+,11+,12+,13+,14+,16-,17-,19+,20+/m0/s1. The summed E-state index contributed by atoms with van der Waals surface area (Å²) in [5.41, 5.74) is -2.27. The van der Waals surface area contributed by atoms with Crippen LogP contribution in [0, 0.1) is 34.0 Å². The molecule has 4 saturated carbocycles. The zero-order valence-corrected chi connectivity index (χ0v) is 15.3. The fraction of sp³-hybridized carbons (Fsp3) is 0.850. The van der Waals surface area contributed by atoms with Crippen molar-refractivity contribution in [2.24, 2.45) is 34.0 Å². The second kappa shape index (κ2) is 4.78. The van der Waals surface area contributed by atoms with Crippen LogP contribution in [0.2, 0.25) is 0 Å². The number of aliphatic hydroxyl groups excluding tert-OH is 4. The van der Waals surface area contributed by atoms with Crippen LogP contribution in [0.25, 0.3) is 0 Å². The van der Waals surface area contributed by atoms with Crippen LogP contribution in [-0.4, -0.2) is 56.9 Å². The van der Waals surface area contributed by atoms with Crippen LogP contribution < -0.4 is 0 Å². The van der Waals surface area contributed by atoms with Crippen molar-refractivity contribution in [1.29, 1.82) is 0 Å². The predicted molar refractivity (Wildman–Crippen MR) is 90.6 cm³/mol.